The second kappa shape index (κ2) is 15.5. The summed E-state index contributed by atoms with van der Waals surface area (Å²) < 4.78 is 2.39. The predicted octanol–water partition coefficient (Wildman–Crippen LogP) is 14.2. The Balaban J connectivity index is 0.000000622. The highest BCUT2D eigenvalue weighted by Gasteiger charge is 2.37. The third kappa shape index (κ3) is 6.67. The van der Waals surface area contributed by atoms with Crippen molar-refractivity contribution in [3.8, 4) is 0 Å². The summed E-state index contributed by atoms with van der Waals surface area (Å²) in [4.78, 5) is 2.46. The summed E-state index contributed by atoms with van der Waals surface area (Å²) >= 11 is 0. The fourth-order valence-corrected chi connectivity index (χ4v) is 7.49. The van der Waals surface area contributed by atoms with Gasteiger partial charge in [-0.25, -0.2) is 0 Å². The summed E-state index contributed by atoms with van der Waals surface area (Å²) in [5, 5.41) is 2.62. The van der Waals surface area contributed by atoms with Crippen molar-refractivity contribution in [1.29, 1.82) is 0 Å². The van der Waals surface area contributed by atoms with E-state index < -0.39 is 0 Å². The van der Waals surface area contributed by atoms with Crippen LogP contribution in [0.1, 0.15) is 115 Å². The first-order valence-corrected chi connectivity index (χ1v) is 18.6. The lowest BCUT2D eigenvalue weighted by Gasteiger charge is -2.42. The fraction of sp³-hybridized carbons (Fsp3) is 0.362. The highest BCUT2D eigenvalue weighted by atomic mass is 15.2. The van der Waals surface area contributed by atoms with E-state index in [1.165, 1.54) is 85.1 Å². The van der Waals surface area contributed by atoms with E-state index in [9.17, 15) is 0 Å². The molecule has 1 aliphatic heterocycles. The topological polar surface area (TPSA) is 8.17 Å². The van der Waals surface area contributed by atoms with Crippen molar-refractivity contribution < 1.29 is 0 Å². The van der Waals surface area contributed by atoms with Gasteiger partial charge < -0.3 is 9.47 Å². The minimum absolute atomic E-state index is 0.114. The second-order valence-corrected chi connectivity index (χ2v) is 13.9. The van der Waals surface area contributed by atoms with Crippen LogP contribution in [0.4, 0.5) is 17.1 Å². The predicted molar refractivity (Wildman–Crippen MR) is 219 cm³/mol. The number of benzene rings is 5. The average Bonchev–Trinajstić information content (AvgIpc) is 3.39. The third-order valence-corrected chi connectivity index (χ3v) is 10.2. The number of aromatic nitrogens is 1. The van der Waals surface area contributed by atoms with Gasteiger partial charge in [-0.3, -0.25) is 0 Å². The number of aryl methyl sites for hydroxylation is 3. The monoisotopic (exact) mass is 652 g/mol. The molecule has 0 saturated heterocycles. The number of fused-ring (bicyclic) bond motifs is 5. The lowest BCUT2D eigenvalue weighted by atomic mass is 9.73. The fourth-order valence-electron chi connectivity index (χ4n) is 7.49. The largest absolute Gasteiger partial charge is 0.344 e. The van der Waals surface area contributed by atoms with E-state index in [4.69, 9.17) is 0 Å². The number of para-hydroxylation sites is 2. The zero-order valence-corrected chi connectivity index (χ0v) is 32.6. The van der Waals surface area contributed by atoms with Gasteiger partial charge in [-0.15, -0.1) is 0 Å². The van der Waals surface area contributed by atoms with Crippen LogP contribution in [-0.4, -0.2) is 4.57 Å². The van der Waals surface area contributed by atoms with Gasteiger partial charge in [0.05, 0.1) is 11.4 Å². The third-order valence-electron chi connectivity index (χ3n) is 10.2. The molecule has 0 amide bonds. The van der Waals surface area contributed by atoms with Gasteiger partial charge in [0.2, 0.25) is 0 Å². The molecule has 0 saturated carbocycles. The summed E-state index contributed by atoms with van der Waals surface area (Å²) in [7, 11) is 2.22. The van der Waals surface area contributed by atoms with Crippen LogP contribution in [0.2, 0.25) is 0 Å². The van der Waals surface area contributed by atoms with Crippen LogP contribution < -0.4 is 4.90 Å². The van der Waals surface area contributed by atoms with Gasteiger partial charge in [0, 0.05) is 45.4 Å². The molecule has 0 bridgehead atoms. The van der Waals surface area contributed by atoms with Crippen LogP contribution in [-0.2, 0) is 17.9 Å². The average molecular weight is 653 g/mol. The summed E-state index contributed by atoms with van der Waals surface area (Å²) in [6.45, 7) is 26.3. The molecule has 0 aliphatic carbocycles. The van der Waals surface area contributed by atoms with Crippen molar-refractivity contribution in [1.82, 2.24) is 4.57 Å². The Morgan fingerprint density at radius 1 is 0.571 bits per heavy atom. The van der Waals surface area contributed by atoms with E-state index in [-0.39, 0.29) is 10.8 Å². The Kier molecular flexibility index (Phi) is 11.9. The van der Waals surface area contributed by atoms with Crippen molar-refractivity contribution in [2.75, 3.05) is 4.90 Å². The maximum absolute atomic E-state index is 2.47. The van der Waals surface area contributed by atoms with Crippen molar-refractivity contribution in [2.45, 2.75) is 107 Å². The molecule has 0 spiro atoms. The van der Waals surface area contributed by atoms with E-state index in [1.807, 2.05) is 27.7 Å². The first-order valence-electron chi connectivity index (χ1n) is 18.6. The van der Waals surface area contributed by atoms with Crippen LogP contribution in [0.5, 0.6) is 0 Å². The van der Waals surface area contributed by atoms with E-state index in [0.29, 0.717) is 0 Å². The van der Waals surface area contributed by atoms with Crippen molar-refractivity contribution >= 4 is 38.9 Å². The lowest BCUT2D eigenvalue weighted by Crippen LogP contribution is -2.30. The van der Waals surface area contributed by atoms with Crippen LogP contribution in [0.15, 0.2) is 103 Å². The summed E-state index contributed by atoms with van der Waals surface area (Å²) in [6.07, 6.45) is 2.64. The quantitative estimate of drug-likeness (QED) is 0.184. The van der Waals surface area contributed by atoms with Crippen molar-refractivity contribution in [3.63, 3.8) is 0 Å². The van der Waals surface area contributed by atoms with Gasteiger partial charge in [-0.2, -0.15) is 0 Å². The summed E-state index contributed by atoms with van der Waals surface area (Å²) in [5.74, 6) is 0. The lowest BCUT2D eigenvalue weighted by molar-refractivity contribution is 0.632. The van der Waals surface area contributed by atoms with Crippen LogP contribution in [0.25, 0.3) is 21.8 Å². The first kappa shape index (κ1) is 37.5. The molecule has 49 heavy (non-hydrogen) atoms. The number of anilines is 3. The van der Waals surface area contributed by atoms with Crippen LogP contribution in [0.3, 0.4) is 0 Å². The molecule has 0 atom stereocenters. The van der Waals surface area contributed by atoms with Crippen molar-refractivity contribution in [2.24, 2.45) is 7.05 Å². The first-order chi connectivity index (χ1) is 23.5. The molecular formula is C47H60N2. The Morgan fingerprint density at radius 2 is 1.12 bits per heavy atom. The second-order valence-electron chi connectivity index (χ2n) is 13.9. The maximum Gasteiger partial charge on any atom is 0.0510 e. The Morgan fingerprint density at radius 3 is 1.76 bits per heavy atom. The van der Waals surface area contributed by atoms with Gasteiger partial charge in [0.1, 0.15) is 0 Å². The molecule has 2 heteroatoms. The maximum atomic E-state index is 2.47. The molecular weight excluding hydrogens is 593 g/mol. The molecule has 6 aromatic rings. The highest BCUT2D eigenvalue weighted by molar-refractivity contribution is 6.11. The summed E-state index contributed by atoms with van der Waals surface area (Å²) in [5.41, 5.74) is 14.2. The zero-order valence-electron chi connectivity index (χ0n) is 32.6. The molecule has 2 heterocycles. The Hall–Kier alpha value is -4.30. The number of hydrogen-bond donors (Lipinski definition) is 0. The molecule has 7 rings (SSSR count). The summed E-state index contributed by atoms with van der Waals surface area (Å²) in [6, 6.07) is 38.3. The highest BCUT2D eigenvalue weighted by Crippen LogP contribution is 2.53. The minimum atomic E-state index is -0.129. The van der Waals surface area contributed by atoms with E-state index in [0.717, 1.165) is 0 Å². The number of hydrogen-bond acceptors (Lipinski definition) is 1. The van der Waals surface area contributed by atoms with E-state index in [2.05, 4.69) is 175 Å². The van der Waals surface area contributed by atoms with Gasteiger partial charge in [0.15, 0.2) is 0 Å². The van der Waals surface area contributed by atoms with Crippen molar-refractivity contribution in [3.05, 3.63) is 137 Å². The molecule has 0 unspecified atom stereocenters. The van der Waals surface area contributed by atoms with Crippen LogP contribution in [0, 0.1) is 13.8 Å². The number of unbranched alkanes of at least 4 members (excludes halogenated alkanes) is 1. The zero-order chi connectivity index (χ0) is 36.1. The molecule has 1 aromatic heterocycles. The molecule has 0 fully saturated rings. The Labute approximate surface area is 297 Å². The number of nitrogens with zero attached hydrogens (tertiary/aromatic N) is 2. The molecule has 2 nitrogen and oxygen atoms in total. The molecule has 258 valence electrons. The molecule has 5 aromatic carbocycles. The molecule has 1 aliphatic rings. The van der Waals surface area contributed by atoms with Gasteiger partial charge >= 0.3 is 0 Å². The van der Waals surface area contributed by atoms with Gasteiger partial charge in [0.25, 0.3) is 0 Å². The molecule has 0 N–H and O–H groups in total. The molecule has 0 radical (unpaired) electrons. The van der Waals surface area contributed by atoms with Gasteiger partial charge in [-0.05, 0) is 89.7 Å². The smallest absolute Gasteiger partial charge is 0.0510 e. The number of rotatable bonds is 4. The standard InChI is InChI=1S/C39H38N2.C4H10.2C2H6/c1-25-15-11-12-18-30(25)38(3,4)32-22-28-29-23-37-33(24-36(29)40(7)35(28)21-26(32)2)39(5,6)31-19-13-14-20-34(31)41(37)27-16-9-8-10-17-27;1-3-4-2;2*1-2/h8-24H,1-7H3;3-4H2,1-2H3;2*1-2H3. The SMILES string of the molecule is CC.CC.CCCC.Cc1ccccc1C(C)(C)c1cc2c3cc4c(cc3n(C)c2cc1C)C(C)(C)c1ccccc1N4c1ccccc1. The van der Waals surface area contributed by atoms with E-state index in [1.54, 1.807) is 0 Å². The van der Waals surface area contributed by atoms with E-state index >= 15 is 0 Å². The minimum Gasteiger partial charge on any atom is -0.344 e. The van der Waals surface area contributed by atoms with Gasteiger partial charge in [-0.1, -0.05) is 143 Å². The normalized spacial score (nSPS) is 12.9. The van der Waals surface area contributed by atoms with Crippen LogP contribution >= 0.6 is 0 Å². The Bertz CT molecular complexity index is 2000.